The molecule has 1 unspecified atom stereocenters. The first-order valence-electron chi connectivity index (χ1n) is 5.97. The summed E-state index contributed by atoms with van der Waals surface area (Å²) in [6.07, 6.45) is 5.16. The van der Waals surface area contributed by atoms with Crippen molar-refractivity contribution in [2.75, 3.05) is 0 Å². The molecule has 0 radical (unpaired) electrons. The minimum atomic E-state index is -0.204. The molecule has 0 spiro atoms. The van der Waals surface area contributed by atoms with Gasteiger partial charge in [-0.2, -0.15) is 0 Å². The van der Waals surface area contributed by atoms with Gasteiger partial charge in [-0.3, -0.25) is 0 Å². The molecule has 1 aliphatic rings. The molecule has 1 heterocycles. The molecular weight excluding hydrogens is 215 g/mol. The van der Waals surface area contributed by atoms with Crippen LogP contribution >= 0.6 is 0 Å². The van der Waals surface area contributed by atoms with E-state index in [1.807, 2.05) is 12.3 Å². The van der Waals surface area contributed by atoms with E-state index in [1.165, 1.54) is 17.3 Å². The molecule has 0 aliphatic heterocycles. The molecule has 0 fully saturated rings. The zero-order chi connectivity index (χ0) is 11.8. The summed E-state index contributed by atoms with van der Waals surface area (Å²) in [6.45, 7) is 0. The van der Waals surface area contributed by atoms with Crippen LogP contribution < -0.4 is 5.73 Å². The SMILES string of the molecule is NC1CCCc2c1ccn2-c1cccc(F)c1. The highest BCUT2D eigenvalue weighted by atomic mass is 19.1. The van der Waals surface area contributed by atoms with Crippen LogP contribution in [0.4, 0.5) is 4.39 Å². The fourth-order valence-corrected chi connectivity index (χ4v) is 2.60. The molecule has 1 aromatic carbocycles. The Balaban J connectivity index is 2.10. The van der Waals surface area contributed by atoms with Gasteiger partial charge in [0.2, 0.25) is 0 Å². The molecule has 3 heteroatoms. The van der Waals surface area contributed by atoms with Crippen LogP contribution in [0.3, 0.4) is 0 Å². The van der Waals surface area contributed by atoms with Crippen molar-refractivity contribution in [1.29, 1.82) is 0 Å². The summed E-state index contributed by atoms with van der Waals surface area (Å²) < 4.78 is 15.3. The van der Waals surface area contributed by atoms with Crippen molar-refractivity contribution < 1.29 is 4.39 Å². The Kier molecular flexibility index (Phi) is 2.48. The van der Waals surface area contributed by atoms with Gasteiger partial charge in [0, 0.05) is 23.6 Å². The van der Waals surface area contributed by atoms with Crippen LogP contribution in [0.5, 0.6) is 0 Å². The lowest BCUT2D eigenvalue weighted by molar-refractivity contribution is 0.559. The van der Waals surface area contributed by atoms with Crippen molar-refractivity contribution in [1.82, 2.24) is 4.57 Å². The average Bonchev–Trinajstić information content (AvgIpc) is 2.74. The number of hydrogen-bond donors (Lipinski definition) is 1. The number of hydrogen-bond acceptors (Lipinski definition) is 1. The summed E-state index contributed by atoms with van der Waals surface area (Å²) in [7, 11) is 0. The molecule has 1 atom stereocenters. The Morgan fingerprint density at radius 1 is 1.29 bits per heavy atom. The molecule has 0 amide bonds. The topological polar surface area (TPSA) is 30.9 Å². The molecule has 2 aromatic rings. The summed E-state index contributed by atoms with van der Waals surface area (Å²) in [6, 6.07) is 8.87. The van der Waals surface area contributed by atoms with Gasteiger partial charge in [-0.15, -0.1) is 0 Å². The fourth-order valence-electron chi connectivity index (χ4n) is 2.60. The fraction of sp³-hybridized carbons (Fsp3) is 0.286. The molecule has 1 aliphatic carbocycles. The first kappa shape index (κ1) is 10.5. The Hall–Kier alpha value is -1.61. The third-order valence-corrected chi connectivity index (χ3v) is 3.44. The number of fused-ring (bicyclic) bond motifs is 1. The smallest absolute Gasteiger partial charge is 0.125 e. The third kappa shape index (κ3) is 1.76. The zero-order valence-corrected chi connectivity index (χ0v) is 9.57. The van der Waals surface area contributed by atoms with Gasteiger partial charge in [-0.25, -0.2) is 4.39 Å². The normalized spacial score (nSPS) is 19.1. The summed E-state index contributed by atoms with van der Waals surface area (Å²) in [5.74, 6) is -0.204. The first-order valence-corrected chi connectivity index (χ1v) is 5.97. The predicted octanol–water partition coefficient (Wildman–Crippen LogP) is 2.95. The Bertz CT molecular complexity index is 545. The quantitative estimate of drug-likeness (QED) is 0.802. The molecule has 88 valence electrons. The summed E-state index contributed by atoms with van der Waals surface area (Å²) >= 11 is 0. The lowest BCUT2D eigenvalue weighted by atomic mass is 9.93. The third-order valence-electron chi connectivity index (χ3n) is 3.44. The van der Waals surface area contributed by atoms with Crippen molar-refractivity contribution in [3.05, 3.63) is 53.6 Å². The van der Waals surface area contributed by atoms with E-state index in [0.717, 1.165) is 24.9 Å². The summed E-state index contributed by atoms with van der Waals surface area (Å²) in [4.78, 5) is 0. The van der Waals surface area contributed by atoms with Gasteiger partial charge >= 0.3 is 0 Å². The second kappa shape index (κ2) is 4.00. The summed E-state index contributed by atoms with van der Waals surface area (Å²) in [5, 5.41) is 0. The predicted molar refractivity (Wildman–Crippen MR) is 65.6 cm³/mol. The standard InChI is InChI=1S/C14H15FN2/c15-10-3-1-4-11(9-10)17-8-7-12-13(16)5-2-6-14(12)17/h1,3-4,7-9,13H,2,5-6,16H2. The number of rotatable bonds is 1. The molecule has 17 heavy (non-hydrogen) atoms. The maximum atomic E-state index is 13.2. The van der Waals surface area contributed by atoms with E-state index in [4.69, 9.17) is 5.73 Å². The van der Waals surface area contributed by atoms with Crippen molar-refractivity contribution in [3.8, 4) is 5.69 Å². The van der Waals surface area contributed by atoms with E-state index in [1.54, 1.807) is 12.1 Å². The Morgan fingerprint density at radius 2 is 2.18 bits per heavy atom. The van der Waals surface area contributed by atoms with E-state index in [-0.39, 0.29) is 11.9 Å². The van der Waals surface area contributed by atoms with Crippen LogP contribution in [0.2, 0.25) is 0 Å². The van der Waals surface area contributed by atoms with Crippen molar-refractivity contribution in [2.24, 2.45) is 5.73 Å². The van der Waals surface area contributed by atoms with Crippen LogP contribution in [-0.2, 0) is 6.42 Å². The first-order chi connectivity index (χ1) is 8.25. The van der Waals surface area contributed by atoms with E-state index in [9.17, 15) is 4.39 Å². The highest BCUT2D eigenvalue weighted by Gasteiger charge is 2.20. The second-order valence-electron chi connectivity index (χ2n) is 4.57. The number of halogens is 1. The van der Waals surface area contributed by atoms with Crippen LogP contribution in [0, 0.1) is 5.82 Å². The Morgan fingerprint density at radius 3 is 3.00 bits per heavy atom. The molecule has 0 saturated carbocycles. The molecule has 2 N–H and O–H groups in total. The van der Waals surface area contributed by atoms with Gasteiger partial charge in [0.15, 0.2) is 0 Å². The number of nitrogens with zero attached hydrogens (tertiary/aromatic N) is 1. The highest BCUT2D eigenvalue weighted by molar-refractivity contribution is 5.40. The Labute approximate surface area is 99.9 Å². The molecule has 2 nitrogen and oxygen atoms in total. The van der Waals surface area contributed by atoms with Crippen LogP contribution in [-0.4, -0.2) is 4.57 Å². The van der Waals surface area contributed by atoms with Gasteiger partial charge in [-0.05, 0) is 49.1 Å². The second-order valence-corrected chi connectivity index (χ2v) is 4.57. The van der Waals surface area contributed by atoms with Crippen LogP contribution in [0.1, 0.15) is 30.1 Å². The molecule has 3 rings (SSSR count). The largest absolute Gasteiger partial charge is 0.324 e. The van der Waals surface area contributed by atoms with Crippen molar-refractivity contribution >= 4 is 0 Å². The average molecular weight is 230 g/mol. The maximum absolute atomic E-state index is 13.2. The minimum absolute atomic E-state index is 0.133. The molecule has 0 bridgehead atoms. The number of nitrogens with two attached hydrogens (primary N) is 1. The van der Waals surface area contributed by atoms with E-state index in [0.29, 0.717) is 0 Å². The van der Waals surface area contributed by atoms with Crippen LogP contribution in [0.25, 0.3) is 5.69 Å². The lowest BCUT2D eigenvalue weighted by Gasteiger charge is -2.21. The monoisotopic (exact) mass is 230 g/mol. The van der Waals surface area contributed by atoms with Gasteiger partial charge in [0.05, 0.1) is 0 Å². The number of aromatic nitrogens is 1. The van der Waals surface area contributed by atoms with Gasteiger partial charge < -0.3 is 10.3 Å². The van der Waals surface area contributed by atoms with Crippen molar-refractivity contribution in [3.63, 3.8) is 0 Å². The highest BCUT2D eigenvalue weighted by Crippen LogP contribution is 2.30. The van der Waals surface area contributed by atoms with Gasteiger partial charge in [-0.1, -0.05) is 6.07 Å². The molecule has 1 aromatic heterocycles. The van der Waals surface area contributed by atoms with Crippen molar-refractivity contribution in [2.45, 2.75) is 25.3 Å². The summed E-state index contributed by atoms with van der Waals surface area (Å²) in [5.41, 5.74) is 9.40. The minimum Gasteiger partial charge on any atom is -0.324 e. The van der Waals surface area contributed by atoms with E-state index in [2.05, 4.69) is 10.6 Å². The molecular formula is C14H15FN2. The zero-order valence-electron chi connectivity index (χ0n) is 9.57. The molecule has 0 saturated heterocycles. The van der Waals surface area contributed by atoms with E-state index < -0.39 is 0 Å². The van der Waals surface area contributed by atoms with Gasteiger partial charge in [0.1, 0.15) is 5.82 Å². The lowest BCUT2D eigenvalue weighted by Crippen LogP contribution is -2.17. The van der Waals surface area contributed by atoms with Gasteiger partial charge in [0.25, 0.3) is 0 Å². The number of benzene rings is 1. The van der Waals surface area contributed by atoms with E-state index >= 15 is 0 Å². The van der Waals surface area contributed by atoms with Crippen LogP contribution in [0.15, 0.2) is 36.5 Å². The maximum Gasteiger partial charge on any atom is 0.125 e.